The van der Waals surface area contributed by atoms with Crippen LogP contribution >= 0.6 is 0 Å². The molecule has 1 aliphatic carbocycles. The van der Waals surface area contributed by atoms with E-state index in [4.69, 9.17) is 0 Å². The van der Waals surface area contributed by atoms with E-state index in [9.17, 15) is 18.0 Å². The van der Waals surface area contributed by atoms with Gasteiger partial charge in [0.15, 0.2) is 5.78 Å². The normalized spacial score (nSPS) is 17.3. The third-order valence-electron chi connectivity index (χ3n) is 4.62. The zero-order chi connectivity index (χ0) is 16.9. The Morgan fingerprint density at radius 1 is 0.917 bits per heavy atom. The maximum Gasteiger partial charge on any atom is 0.416 e. The van der Waals surface area contributed by atoms with Gasteiger partial charge in [0.2, 0.25) is 0 Å². The molecule has 1 aliphatic rings. The first-order chi connectivity index (χ1) is 11.4. The summed E-state index contributed by atoms with van der Waals surface area (Å²) in [6.07, 6.45) is -3.99. The number of carbonyl (C=O) groups excluding carboxylic acids is 1. The van der Waals surface area contributed by atoms with Crippen LogP contribution in [-0.2, 0) is 12.6 Å². The van der Waals surface area contributed by atoms with Crippen molar-refractivity contribution in [1.82, 2.24) is 0 Å². The number of rotatable bonds is 1. The lowest BCUT2D eigenvalue weighted by Crippen LogP contribution is -2.11. The summed E-state index contributed by atoms with van der Waals surface area (Å²) in [6, 6.07) is 16.4. The van der Waals surface area contributed by atoms with Crippen molar-refractivity contribution in [3.8, 4) is 0 Å². The summed E-state index contributed by atoms with van der Waals surface area (Å²) >= 11 is 0. The molecule has 4 heteroatoms. The van der Waals surface area contributed by atoms with Gasteiger partial charge in [0.05, 0.1) is 11.5 Å². The molecule has 4 rings (SSSR count). The van der Waals surface area contributed by atoms with Gasteiger partial charge in [-0.05, 0) is 40.5 Å². The van der Waals surface area contributed by atoms with E-state index in [2.05, 4.69) is 0 Å². The van der Waals surface area contributed by atoms with Crippen LogP contribution in [0.3, 0.4) is 0 Å². The molecular weight excluding hydrogens is 313 g/mol. The van der Waals surface area contributed by atoms with Crippen LogP contribution in [-0.4, -0.2) is 5.78 Å². The first-order valence-corrected chi connectivity index (χ1v) is 7.67. The van der Waals surface area contributed by atoms with Gasteiger partial charge in [0.1, 0.15) is 0 Å². The lowest BCUT2D eigenvalue weighted by Gasteiger charge is -2.16. The molecule has 0 N–H and O–H groups in total. The first-order valence-electron chi connectivity index (χ1n) is 7.67. The Labute approximate surface area is 136 Å². The van der Waals surface area contributed by atoms with Gasteiger partial charge in [0.25, 0.3) is 0 Å². The molecule has 0 amide bonds. The van der Waals surface area contributed by atoms with Crippen LogP contribution < -0.4 is 0 Å². The van der Waals surface area contributed by atoms with Crippen LogP contribution in [0.2, 0.25) is 0 Å². The fourth-order valence-corrected chi connectivity index (χ4v) is 3.48. The number of fused-ring (bicyclic) bond motifs is 2. The van der Waals surface area contributed by atoms with Crippen molar-refractivity contribution in [1.29, 1.82) is 0 Å². The van der Waals surface area contributed by atoms with E-state index in [0.29, 0.717) is 28.3 Å². The highest BCUT2D eigenvalue weighted by Gasteiger charge is 2.36. The number of Topliss-reactive ketones (excluding diaryl/α,β-unsaturated/α-hetero) is 1. The molecule has 1 nitrogen and oxygen atoms in total. The quantitative estimate of drug-likeness (QED) is 0.586. The van der Waals surface area contributed by atoms with Gasteiger partial charge in [-0.25, -0.2) is 0 Å². The zero-order valence-corrected chi connectivity index (χ0v) is 12.6. The predicted octanol–water partition coefficient (Wildman–Crippen LogP) is 5.38. The molecule has 0 saturated heterocycles. The number of halogens is 3. The van der Waals surface area contributed by atoms with Gasteiger partial charge in [-0.15, -0.1) is 0 Å². The maximum atomic E-state index is 13.3. The molecule has 0 radical (unpaired) electrons. The van der Waals surface area contributed by atoms with Crippen LogP contribution in [0.4, 0.5) is 13.2 Å². The topological polar surface area (TPSA) is 17.1 Å². The first kappa shape index (κ1) is 14.9. The molecule has 0 spiro atoms. The van der Waals surface area contributed by atoms with Gasteiger partial charge >= 0.3 is 6.18 Å². The van der Waals surface area contributed by atoms with Gasteiger partial charge < -0.3 is 0 Å². The number of alkyl halides is 3. The third kappa shape index (κ3) is 2.30. The SMILES string of the molecule is O=C1c2ccccc2CC1c1cc(C(F)(F)F)cc2ccccc12. The van der Waals surface area contributed by atoms with Crippen molar-refractivity contribution >= 4 is 16.6 Å². The predicted molar refractivity (Wildman–Crippen MR) is 86.2 cm³/mol. The van der Waals surface area contributed by atoms with Crippen LogP contribution in [0.15, 0.2) is 60.7 Å². The summed E-state index contributed by atoms with van der Waals surface area (Å²) in [5, 5.41) is 1.21. The zero-order valence-electron chi connectivity index (χ0n) is 12.6. The number of hydrogen-bond acceptors (Lipinski definition) is 1. The average Bonchev–Trinajstić information content (AvgIpc) is 2.90. The van der Waals surface area contributed by atoms with Crippen molar-refractivity contribution in [3.63, 3.8) is 0 Å². The summed E-state index contributed by atoms with van der Waals surface area (Å²) in [6.45, 7) is 0. The lowest BCUT2D eigenvalue weighted by molar-refractivity contribution is -0.137. The second-order valence-electron chi connectivity index (χ2n) is 6.06. The van der Waals surface area contributed by atoms with E-state index in [1.54, 1.807) is 36.4 Å². The second kappa shape index (κ2) is 5.20. The molecule has 1 atom stereocenters. The highest BCUT2D eigenvalue weighted by atomic mass is 19.4. The number of hydrogen-bond donors (Lipinski definition) is 0. The minimum atomic E-state index is -4.44. The Morgan fingerprint density at radius 3 is 2.38 bits per heavy atom. The minimum absolute atomic E-state index is 0.102. The Hall–Kier alpha value is -2.62. The summed E-state index contributed by atoms with van der Waals surface area (Å²) in [5.74, 6) is -0.662. The van der Waals surface area contributed by atoms with Crippen LogP contribution in [0.25, 0.3) is 10.8 Å². The fourth-order valence-electron chi connectivity index (χ4n) is 3.48. The molecule has 3 aromatic rings. The summed E-state index contributed by atoms with van der Waals surface area (Å²) in [4.78, 5) is 12.7. The highest BCUT2D eigenvalue weighted by molar-refractivity contribution is 6.07. The molecule has 0 heterocycles. The second-order valence-corrected chi connectivity index (χ2v) is 6.06. The van der Waals surface area contributed by atoms with E-state index < -0.39 is 17.7 Å². The molecule has 0 saturated carbocycles. The van der Waals surface area contributed by atoms with E-state index in [0.717, 1.165) is 17.7 Å². The van der Waals surface area contributed by atoms with E-state index in [-0.39, 0.29) is 5.78 Å². The number of ketones is 1. The van der Waals surface area contributed by atoms with Crippen molar-refractivity contribution in [3.05, 3.63) is 82.9 Å². The molecule has 3 aromatic carbocycles. The Bertz CT molecular complexity index is 957. The summed E-state index contributed by atoms with van der Waals surface area (Å²) < 4.78 is 39.8. The monoisotopic (exact) mass is 326 g/mol. The molecular formula is C20H13F3O. The van der Waals surface area contributed by atoms with Gasteiger partial charge in [-0.3, -0.25) is 4.79 Å². The van der Waals surface area contributed by atoms with E-state index >= 15 is 0 Å². The Balaban J connectivity index is 1.93. The van der Waals surface area contributed by atoms with Crippen LogP contribution in [0.5, 0.6) is 0 Å². The highest BCUT2D eigenvalue weighted by Crippen LogP contribution is 2.40. The van der Waals surface area contributed by atoms with E-state index in [1.165, 1.54) is 0 Å². The fraction of sp³-hybridized carbons (Fsp3) is 0.150. The van der Waals surface area contributed by atoms with E-state index in [1.807, 2.05) is 12.1 Å². The number of benzene rings is 3. The minimum Gasteiger partial charge on any atom is -0.293 e. The lowest BCUT2D eigenvalue weighted by atomic mass is 9.89. The van der Waals surface area contributed by atoms with Gasteiger partial charge in [-0.2, -0.15) is 13.2 Å². The smallest absolute Gasteiger partial charge is 0.293 e. The average molecular weight is 326 g/mol. The summed E-state index contributed by atoms with van der Waals surface area (Å²) in [5.41, 5.74) is 1.26. The molecule has 24 heavy (non-hydrogen) atoms. The van der Waals surface area contributed by atoms with Crippen LogP contribution in [0.1, 0.15) is 33.0 Å². The maximum absolute atomic E-state index is 13.3. The van der Waals surface area contributed by atoms with Crippen molar-refractivity contribution in [2.75, 3.05) is 0 Å². The molecule has 0 aromatic heterocycles. The number of carbonyl (C=O) groups is 1. The van der Waals surface area contributed by atoms with Crippen molar-refractivity contribution in [2.45, 2.75) is 18.5 Å². The molecule has 0 aliphatic heterocycles. The van der Waals surface area contributed by atoms with Gasteiger partial charge in [0, 0.05) is 5.56 Å². The molecule has 0 fully saturated rings. The molecule has 1 unspecified atom stereocenters. The standard InChI is InChI=1S/C20H13F3O/c21-20(22,23)14-9-12-5-1-3-7-15(12)17(11-14)18-10-13-6-2-4-8-16(13)19(18)24/h1-9,11,18H,10H2. The van der Waals surface area contributed by atoms with Crippen molar-refractivity contribution < 1.29 is 18.0 Å². The third-order valence-corrected chi connectivity index (χ3v) is 4.62. The Kier molecular flexibility index (Phi) is 3.23. The molecule has 0 bridgehead atoms. The molecule has 120 valence electrons. The van der Waals surface area contributed by atoms with Crippen LogP contribution in [0, 0.1) is 0 Å². The van der Waals surface area contributed by atoms with Gasteiger partial charge in [-0.1, -0.05) is 48.5 Å². The van der Waals surface area contributed by atoms with Crippen molar-refractivity contribution in [2.24, 2.45) is 0 Å². The largest absolute Gasteiger partial charge is 0.416 e. The Morgan fingerprint density at radius 2 is 1.62 bits per heavy atom. The summed E-state index contributed by atoms with van der Waals surface area (Å²) in [7, 11) is 0.